The summed E-state index contributed by atoms with van der Waals surface area (Å²) in [7, 11) is 0. The third-order valence-corrected chi connectivity index (χ3v) is 7.46. The van der Waals surface area contributed by atoms with Gasteiger partial charge in [-0.05, 0) is 44.9 Å². The van der Waals surface area contributed by atoms with Gasteiger partial charge < -0.3 is 44.0 Å². The smallest absolute Gasteiger partial charge is 0.308 e. The van der Waals surface area contributed by atoms with Crippen LogP contribution < -0.4 is 5.73 Å². The molecule has 0 aliphatic heterocycles. The predicted molar refractivity (Wildman–Crippen MR) is 180 cm³/mol. The van der Waals surface area contributed by atoms with Gasteiger partial charge in [0, 0.05) is 26.4 Å². The van der Waals surface area contributed by atoms with Gasteiger partial charge in [0.05, 0.1) is 72.0 Å². The van der Waals surface area contributed by atoms with Crippen molar-refractivity contribution < 1.29 is 43.1 Å². The van der Waals surface area contributed by atoms with Crippen molar-refractivity contribution in [1.29, 1.82) is 0 Å². The molecule has 0 amide bonds. The largest absolute Gasteiger partial charge is 0.465 e. The van der Waals surface area contributed by atoms with Gasteiger partial charge in [0.15, 0.2) is 0 Å². The van der Waals surface area contributed by atoms with E-state index in [-0.39, 0.29) is 24.6 Å². The fourth-order valence-corrected chi connectivity index (χ4v) is 4.73. The molecule has 0 heterocycles. The summed E-state index contributed by atoms with van der Waals surface area (Å²) in [6.07, 6.45) is 16.6. The molecule has 0 saturated carbocycles. The van der Waals surface area contributed by atoms with E-state index in [1.807, 2.05) is 0 Å². The summed E-state index contributed by atoms with van der Waals surface area (Å²) in [5.41, 5.74) is 5.37. The lowest BCUT2D eigenvalue weighted by Gasteiger charge is -2.18. The summed E-state index contributed by atoms with van der Waals surface area (Å²) in [5, 5.41) is 8.95. The first-order valence-electron chi connectivity index (χ1n) is 18.2. The molecular weight excluding hydrogens is 578 g/mol. The van der Waals surface area contributed by atoms with E-state index < -0.39 is 0 Å². The third kappa shape index (κ3) is 32.9. The minimum absolute atomic E-state index is 0.00534. The summed E-state index contributed by atoms with van der Waals surface area (Å²) in [4.78, 5) is 12.6. The molecule has 0 fully saturated rings. The number of carbonyl (C=O) groups excluding carboxylic acids is 1. The summed E-state index contributed by atoms with van der Waals surface area (Å²) >= 11 is 0. The fraction of sp³-hybridized carbons (Fsp3) is 0.971. The number of hydrogen-bond acceptors (Lipinski definition) is 10. The second kappa shape index (κ2) is 37.6. The highest BCUT2D eigenvalue weighted by Crippen LogP contribution is 2.19. The minimum atomic E-state index is -0.123. The van der Waals surface area contributed by atoms with E-state index in [0.29, 0.717) is 85.8 Å². The van der Waals surface area contributed by atoms with Crippen LogP contribution in [-0.4, -0.2) is 110 Å². The fourth-order valence-electron chi connectivity index (χ4n) is 4.73. The molecule has 0 aromatic rings. The molecule has 0 aliphatic rings. The summed E-state index contributed by atoms with van der Waals surface area (Å²) in [5.74, 6) is 0.0745. The second-order valence-corrected chi connectivity index (χ2v) is 11.7. The first-order valence-corrected chi connectivity index (χ1v) is 18.2. The van der Waals surface area contributed by atoms with E-state index in [1.54, 1.807) is 0 Å². The zero-order valence-corrected chi connectivity index (χ0v) is 29.2. The van der Waals surface area contributed by atoms with Gasteiger partial charge in [0.1, 0.15) is 6.10 Å². The highest BCUT2D eigenvalue weighted by atomic mass is 16.6. The Morgan fingerprint density at radius 2 is 1.07 bits per heavy atom. The van der Waals surface area contributed by atoms with E-state index in [9.17, 15) is 4.79 Å². The number of unbranched alkanes of at least 4 members (excludes halogenated alkanes) is 10. The molecule has 0 saturated heterocycles. The number of carbonyl (C=O) groups is 1. The number of rotatable bonds is 38. The Morgan fingerprint density at radius 3 is 1.69 bits per heavy atom. The Labute approximate surface area is 275 Å². The van der Waals surface area contributed by atoms with Crippen molar-refractivity contribution in [2.24, 2.45) is 11.7 Å². The van der Waals surface area contributed by atoms with Crippen molar-refractivity contribution in [1.82, 2.24) is 0 Å². The molecule has 0 radical (unpaired) electrons. The van der Waals surface area contributed by atoms with Gasteiger partial charge in [-0.3, -0.25) is 4.79 Å². The van der Waals surface area contributed by atoms with E-state index in [4.69, 9.17) is 44.0 Å². The van der Waals surface area contributed by atoms with Gasteiger partial charge in [-0.1, -0.05) is 71.6 Å². The number of ether oxygens (including phenoxy) is 7. The molecule has 0 spiro atoms. The molecule has 45 heavy (non-hydrogen) atoms. The first kappa shape index (κ1) is 44.1. The highest BCUT2D eigenvalue weighted by molar-refractivity contribution is 5.72. The molecule has 2 atom stereocenters. The molecule has 2 unspecified atom stereocenters. The summed E-state index contributed by atoms with van der Waals surface area (Å²) < 4.78 is 39.7. The first-order chi connectivity index (χ1) is 22.2. The van der Waals surface area contributed by atoms with Crippen LogP contribution >= 0.6 is 0 Å². The number of aliphatic hydroxyl groups excluding tert-OH is 1. The SMILES string of the molecule is CCCCCCC(CCCC)C(=O)OCCCCCCOCC(COCCOCCOCCOCCN)OCCCCCCO. The number of nitrogens with two attached hydrogens (primary N) is 1. The van der Waals surface area contributed by atoms with Crippen molar-refractivity contribution in [3.8, 4) is 0 Å². The van der Waals surface area contributed by atoms with Crippen molar-refractivity contribution in [3.05, 3.63) is 0 Å². The zero-order chi connectivity index (χ0) is 32.9. The van der Waals surface area contributed by atoms with Gasteiger partial charge in [-0.25, -0.2) is 0 Å². The Morgan fingerprint density at radius 1 is 0.556 bits per heavy atom. The summed E-state index contributed by atoms with van der Waals surface area (Å²) in [6.45, 7) is 11.6. The van der Waals surface area contributed by atoms with Gasteiger partial charge in [-0.2, -0.15) is 0 Å². The van der Waals surface area contributed by atoms with Gasteiger partial charge in [-0.15, -0.1) is 0 Å². The van der Waals surface area contributed by atoms with Crippen LogP contribution in [0.15, 0.2) is 0 Å². The van der Waals surface area contributed by atoms with Crippen molar-refractivity contribution in [2.75, 3.05) is 92.4 Å². The van der Waals surface area contributed by atoms with Crippen LogP contribution in [0.1, 0.15) is 117 Å². The van der Waals surface area contributed by atoms with E-state index in [0.717, 1.165) is 83.5 Å². The Bertz CT molecular complexity index is 585. The molecule has 0 aromatic carbocycles. The average molecular weight is 650 g/mol. The van der Waals surface area contributed by atoms with E-state index in [1.165, 1.54) is 19.3 Å². The predicted octanol–water partition coefficient (Wildman–Crippen LogP) is 5.85. The average Bonchev–Trinajstić information content (AvgIpc) is 3.05. The lowest BCUT2D eigenvalue weighted by atomic mass is 9.95. The van der Waals surface area contributed by atoms with Gasteiger partial charge in [0.25, 0.3) is 0 Å². The number of hydrogen-bond donors (Lipinski definition) is 2. The maximum atomic E-state index is 12.6. The lowest BCUT2D eigenvalue weighted by molar-refractivity contribution is -0.149. The number of esters is 1. The zero-order valence-electron chi connectivity index (χ0n) is 29.2. The minimum Gasteiger partial charge on any atom is -0.465 e. The molecule has 3 N–H and O–H groups in total. The van der Waals surface area contributed by atoms with Crippen LogP contribution in [-0.2, 0) is 38.0 Å². The topological polar surface area (TPSA) is 128 Å². The number of aliphatic hydroxyl groups is 1. The van der Waals surface area contributed by atoms with Crippen LogP contribution in [0.2, 0.25) is 0 Å². The Hall–Kier alpha value is -0.850. The lowest BCUT2D eigenvalue weighted by Crippen LogP contribution is -2.27. The van der Waals surface area contributed by atoms with Gasteiger partial charge in [0.2, 0.25) is 0 Å². The van der Waals surface area contributed by atoms with E-state index in [2.05, 4.69) is 13.8 Å². The molecule has 0 bridgehead atoms. The molecular formula is C35H71NO9. The summed E-state index contributed by atoms with van der Waals surface area (Å²) in [6, 6.07) is 0. The van der Waals surface area contributed by atoms with Crippen molar-refractivity contribution >= 4 is 5.97 Å². The Kier molecular flexibility index (Phi) is 36.9. The van der Waals surface area contributed by atoms with Gasteiger partial charge >= 0.3 is 5.97 Å². The van der Waals surface area contributed by atoms with Crippen LogP contribution in [0.3, 0.4) is 0 Å². The van der Waals surface area contributed by atoms with Crippen LogP contribution in [0.25, 0.3) is 0 Å². The quantitative estimate of drug-likeness (QED) is 0.0621. The highest BCUT2D eigenvalue weighted by Gasteiger charge is 2.19. The van der Waals surface area contributed by atoms with Crippen LogP contribution in [0, 0.1) is 5.92 Å². The molecule has 10 nitrogen and oxygen atoms in total. The van der Waals surface area contributed by atoms with Crippen LogP contribution in [0.4, 0.5) is 0 Å². The van der Waals surface area contributed by atoms with Crippen molar-refractivity contribution in [2.45, 2.75) is 123 Å². The Balaban J connectivity index is 4.03. The molecule has 0 rings (SSSR count). The maximum absolute atomic E-state index is 12.6. The molecule has 270 valence electrons. The molecule has 10 heteroatoms. The third-order valence-electron chi connectivity index (χ3n) is 7.46. The molecule has 0 aliphatic carbocycles. The maximum Gasteiger partial charge on any atom is 0.308 e. The second-order valence-electron chi connectivity index (χ2n) is 11.7. The van der Waals surface area contributed by atoms with Crippen LogP contribution in [0.5, 0.6) is 0 Å². The van der Waals surface area contributed by atoms with Crippen molar-refractivity contribution in [3.63, 3.8) is 0 Å². The standard InChI is InChI=1S/C35H71NO9/c1-3-5-7-12-18-33(17-6-4-2)35(38)45-23-16-11-10-14-21-42-31-34(44-22-15-9-8-13-20-37)32-43-30-29-41-28-27-40-26-25-39-24-19-36/h33-34,37H,3-32,36H2,1-2H3. The normalized spacial score (nSPS) is 12.9. The van der Waals surface area contributed by atoms with E-state index >= 15 is 0 Å². The molecule has 0 aromatic heterocycles. The monoisotopic (exact) mass is 650 g/mol.